The number of thioether (sulfide) groups is 1. The van der Waals surface area contributed by atoms with Gasteiger partial charge in [0.05, 0.1) is 11.2 Å². The Labute approximate surface area is 185 Å². The minimum absolute atomic E-state index is 0.0146. The van der Waals surface area contributed by atoms with Gasteiger partial charge in [0.15, 0.2) is 0 Å². The molecule has 2 heterocycles. The molecule has 1 aliphatic carbocycles. The lowest BCUT2D eigenvalue weighted by molar-refractivity contribution is -0.120. The summed E-state index contributed by atoms with van der Waals surface area (Å²) in [7, 11) is 0. The molecule has 0 bridgehead atoms. The summed E-state index contributed by atoms with van der Waals surface area (Å²) in [6.07, 6.45) is 2.73. The van der Waals surface area contributed by atoms with Crippen LogP contribution in [0.15, 0.2) is 59.6 Å². The molecule has 1 saturated heterocycles. The van der Waals surface area contributed by atoms with Crippen LogP contribution >= 0.6 is 11.8 Å². The second kappa shape index (κ2) is 7.13. The Hall–Kier alpha value is -3.27. The lowest BCUT2D eigenvalue weighted by atomic mass is 10.1. The first-order chi connectivity index (χ1) is 15.2. The number of anilines is 2. The van der Waals surface area contributed by atoms with E-state index >= 15 is 0 Å². The lowest BCUT2D eigenvalue weighted by Crippen LogP contribution is -2.36. The van der Waals surface area contributed by atoms with Gasteiger partial charge in [-0.2, -0.15) is 13.2 Å². The Balaban J connectivity index is 1.46. The second-order valence-corrected chi connectivity index (χ2v) is 8.97. The number of pyridine rings is 1. The molecule has 1 saturated carbocycles. The van der Waals surface area contributed by atoms with Gasteiger partial charge in [0, 0.05) is 28.7 Å². The number of nitrogens with two attached hydrogens (primary N) is 1. The number of hydrogen-bond donors (Lipinski definition) is 1. The second-order valence-electron chi connectivity index (χ2n) is 7.83. The maximum atomic E-state index is 13.3. The number of aromatic nitrogens is 1. The summed E-state index contributed by atoms with van der Waals surface area (Å²) >= 11 is -0.245. The molecule has 2 aliphatic rings. The fourth-order valence-electron chi connectivity index (χ4n) is 4.09. The van der Waals surface area contributed by atoms with Crippen molar-refractivity contribution in [1.29, 1.82) is 0 Å². The smallest absolute Gasteiger partial charge is 0.399 e. The van der Waals surface area contributed by atoms with Crippen LogP contribution in [0.4, 0.5) is 29.3 Å². The molecule has 2 aromatic carbocycles. The van der Waals surface area contributed by atoms with E-state index in [0.717, 1.165) is 21.4 Å². The molecule has 3 amide bonds. The Kier molecular flexibility index (Phi) is 4.59. The van der Waals surface area contributed by atoms with Gasteiger partial charge in [0.1, 0.15) is 5.54 Å². The number of hydrogen-bond acceptors (Lipinski definition) is 5. The molecule has 5 rings (SSSR count). The van der Waals surface area contributed by atoms with Crippen molar-refractivity contribution >= 4 is 46.0 Å². The maximum absolute atomic E-state index is 13.3. The van der Waals surface area contributed by atoms with E-state index in [-0.39, 0.29) is 34.8 Å². The number of amides is 3. The van der Waals surface area contributed by atoms with E-state index in [1.807, 2.05) is 0 Å². The minimum Gasteiger partial charge on any atom is -0.399 e. The summed E-state index contributed by atoms with van der Waals surface area (Å²) < 4.78 is 37.8. The monoisotopic (exact) mass is 458 g/mol. The Morgan fingerprint density at radius 1 is 1.06 bits per heavy atom. The van der Waals surface area contributed by atoms with E-state index in [0.29, 0.717) is 18.5 Å². The normalized spacial score (nSPS) is 17.6. The van der Waals surface area contributed by atoms with Crippen LogP contribution in [0.1, 0.15) is 18.4 Å². The number of imide groups is 1. The van der Waals surface area contributed by atoms with Crippen molar-refractivity contribution in [2.24, 2.45) is 0 Å². The third-order valence-corrected chi connectivity index (χ3v) is 6.52. The Morgan fingerprint density at radius 3 is 2.44 bits per heavy atom. The van der Waals surface area contributed by atoms with Crippen LogP contribution < -0.4 is 10.6 Å². The first-order valence-corrected chi connectivity index (χ1v) is 10.6. The third-order valence-electron chi connectivity index (χ3n) is 5.78. The molecule has 0 unspecified atom stereocenters. The fraction of sp³-hybridized carbons (Fsp3) is 0.227. The van der Waals surface area contributed by atoms with Gasteiger partial charge in [0.2, 0.25) is 0 Å². The summed E-state index contributed by atoms with van der Waals surface area (Å²) in [5, 5.41) is 0.801. The van der Waals surface area contributed by atoms with E-state index < -0.39 is 17.1 Å². The molecular formula is C22H17F3N4O2S. The number of alkyl halides is 3. The molecule has 0 radical (unpaired) electrons. The molecule has 10 heteroatoms. The average molecular weight is 458 g/mol. The number of halogens is 3. The SMILES string of the molecule is Nc1ccc2nccc(CN3C(=O)N(c4ccc(SC(F)(F)F)cc4)C(=O)C34CC4)c2c1. The van der Waals surface area contributed by atoms with E-state index in [2.05, 4.69) is 4.98 Å². The zero-order valence-electron chi connectivity index (χ0n) is 16.6. The summed E-state index contributed by atoms with van der Waals surface area (Å²) in [5.74, 6) is -0.350. The van der Waals surface area contributed by atoms with Gasteiger partial charge in [-0.3, -0.25) is 9.78 Å². The zero-order chi connectivity index (χ0) is 22.7. The highest BCUT2D eigenvalue weighted by Gasteiger charge is 2.65. The fourth-order valence-corrected chi connectivity index (χ4v) is 4.63. The van der Waals surface area contributed by atoms with Crippen molar-refractivity contribution in [2.45, 2.75) is 35.3 Å². The van der Waals surface area contributed by atoms with Crippen molar-refractivity contribution in [3.05, 3.63) is 60.3 Å². The highest BCUT2D eigenvalue weighted by molar-refractivity contribution is 8.00. The number of nitrogen functional groups attached to an aromatic ring is 1. The van der Waals surface area contributed by atoms with Crippen LogP contribution in [-0.4, -0.2) is 32.9 Å². The minimum atomic E-state index is -4.41. The van der Waals surface area contributed by atoms with Gasteiger partial charge in [-0.05, 0) is 78.7 Å². The first-order valence-electron chi connectivity index (χ1n) is 9.83. The molecule has 0 atom stereocenters. The van der Waals surface area contributed by atoms with Crippen molar-refractivity contribution in [1.82, 2.24) is 9.88 Å². The standard InChI is InChI=1S/C22H17F3N4O2S/c23-22(24,25)32-16-4-2-15(3-5-16)29-19(30)21(8-9-21)28(20(29)31)12-13-7-10-27-18-6-1-14(26)11-17(13)18/h1-7,10-11H,8-9,12,26H2. The van der Waals surface area contributed by atoms with E-state index in [9.17, 15) is 22.8 Å². The molecule has 1 spiro atoms. The van der Waals surface area contributed by atoms with E-state index in [4.69, 9.17) is 5.73 Å². The van der Waals surface area contributed by atoms with Crippen molar-refractivity contribution < 1.29 is 22.8 Å². The first kappa shape index (κ1) is 20.6. The van der Waals surface area contributed by atoms with Gasteiger partial charge in [-0.25, -0.2) is 9.69 Å². The third kappa shape index (κ3) is 3.44. The lowest BCUT2D eigenvalue weighted by Gasteiger charge is -2.22. The quantitative estimate of drug-likeness (QED) is 0.341. The van der Waals surface area contributed by atoms with Crippen LogP contribution in [0.5, 0.6) is 0 Å². The number of fused-ring (bicyclic) bond motifs is 1. The molecule has 2 N–H and O–H groups in total. The number of benzene rings is 2. The molecule has 1 aromatic heterocycles. The van der Waals surface area contributed by atoms with E-state index in [1.165, 1.54) is 24.3 Å². The van der Waals surface area contributed by atoms with Crippen LogP contribution in [0.2, 0.25) is 0 Å². The zero-order valence-corrected chi connectivity index (χ0v) is 17.4. The molecular weight excluding hydrogens is 441 g/mol. The summed E-state index contributed by atoms with van der Waals surface area (Å²) in [4.78, 5) is 33.4. The van der Waals surface area contributed by atoms with Crippen LogP contribution in [-0.2, 0) is 11.3 Å². The number of nitrogens with zero attached hydrogens (tertiary/aromatic N) is 3. The van der Waals surface area contributed by atoms with Gasteiger partial charge >= 0.3 is 11.5 Å². The van der Waals surface area contributed by atoms with Crippen molar-refractivity contribution in [3.8, 4) is 0 Å². The molecule has 2 fully saturated rings. The molecule has 1 aliphatic heterocycles. The largest absolute Gasteiger partial charge is 0.446 e. The molecule has 6 nitrogen and oxygen atoms in total. The summed E-state index contributed by atoms with van der Waals surface area (Å²) in [6.45, 7) is 0.200. The van der Waals surface area contributed by atoms with Crippen LogP contribution in [0, 0.1) is 0 Å². The Bertz CT molecular complexity index is 1240. The number of carbonyl (C=O) groups is 2. The van der Waals surface area contributed by atoms with E-state index in [1.54, 1.807) is 35.4 Å². The van der Waals surface area contributed by atoms with Gasteiger partial charge in [0.25, 0.3) is 5.91 Å². The molecule has 3 aromatic rings. The average Bonchev–Trinajstić information content (AvgIpc) is 3.50. The van der Waals surface area contributed by atoms with Crippen molar-refractivity contribution in [3.63, 3.8) is 0 Å². The summed E-state index contributed by atoms with van der Waals surface area (Å²) in [6, 6.07) is 11.9. The van der Waals surface area contributed by atoms with Gasteiger partial charge < -0.3 is 10.6 Å². The topological polar surface area (TPSA) is 79.5 Å². The van der Waals surface area contributed by atoms with Crippen LogP contribution in [0.25, 0.3) is 10.9 Å². The highest BCUT2D eigenvalue weighted by atomic mass is 32.2. The number of rotatable bonds is 4. The predicted octanol–water partition coefficient (Wildman–Crippen LogP) is 4.93. The summed E-state index contributed by atoms with van der Waals surface area (Å²) in [5.41, 5.74) is 2.96. The Morgan fingerprint density at radius 2 is 1.78 bits per heavy atom. The highest BCUT2D eigenvalue weighted by Crippen LogP contribution is 2.50. The predicted molar refractivity (Wildman–Crippen MR) is 115 cm³/mol. The van der Waals surface area contributed by atoms with Crippen LogP contribution in [0.3, 0.4) is 0 Å². The van der Waals surface area contributed by atoms with Crippen molar-refractivity contribution in [2.75, 3.05) is 10.6 Å². The van der Waals surface area contributed by atoms with Gasteiger partial charge in [-0.1, -0.05) is 0 Å². The maximum Gasteiger partial charge on any atom is 0.446 e. The van der Waals surface area contributed by atoms with Gasteiger partial charge in [-0.15, -0.1) is 0 Å². The number of carbonyl (C=O) groups excluding carboxylic acids is 2. The number of urea groups is 1. The molecule has 164 valence electrons. The molecule has 32 heavy (non-hydrogen) atoms.